The number of morpholine rings is 1. The van der Waals surface area contributed by atoms with Crippen molar-refractivity contribution in [3.05, 3.63) is 11.6 Å². The molecule has 4 fully saturated rings. The number of hydrogen-bond donors (Lipinski definition) is 2. The molecule has 3 amide bonds. The number of amides is 3. The zero-order valence-electron chi connectivity index (χ0n) is 22.2. The van der Waals surface area contributed by atoms with E-state index in [1.165, 1.54) is 11.0 Å². The first-order valence-corrected chi connectivity index (χ1v) is 14.1. The molecule has 2 aliphatic carbocycles. The van der Waals surface area contributed by atoms with Crippen molar-refractivity contribution in [3.63, 3.8) is 0 Å². The van der Waals surface area contributed by atoms with Gasteiger partial charge in [-0.1, -0.05) is 0 Å². The minimum Gasteiger partial charge on any atom is -0.378 e. The van der Waals surface area contributed by atoms with Crippen LogP contribution in [0.1, 0.15) is 38.5 Å². The molecule has 0 bridgehead atoms. The summed E-state index contributed by atoms with van der Waals surface area (Å²) < 4.78 is 62.9. The number of fused-ring (bicyclic) bond motifs is 1. The van der Waals surface area contributed by atoms with E-state index in [0.717, 1.165) is 0 Å². The predicted octanol–water partition coefficient (Wildman–Crippen LogP) is 1.70. The van der Waals surface area contributed by atoms with Crippen molar-refractivity contribution in [2.45, 2.75) is 69.0 Å². The van der Waals surface area contributed by atoms with Crippen molar-refractivity contribution < 1.29 is 36.7 Å². The number of nitrogens with one attached hydrogen (secondary N) is 2. The van der Waals surface area contributed by atoms with E-state index in [0.29, 0.717) is 52.0 Å². The number of hydrogen-bond acceptors (Lipinski definition) is 6. The lowest BCUT2D eigenvalue weighted by Crippen LogP contribution is -2.58. The van der Waals surface area contributed by atoms with Crippen LogP contribution in [-0.2, 0) is 19.1 Å². The fraction of sp³-hybridized carbons (Fsp3) is 0.778. The first-order valence-electron chi connectivity index (χ1n) is 14.1. The quantitative estimate of drug-likeness (QED) is 0.499. The fourth-order valence-corrected chi connectivity index (χ4v) is 7.29. The largest absolute Gasteiger partial charge is 0.393 e. The molecule has 220 valence electrons. The summed E-state index contributed by atoms with van der Waals surface area (Å²) in [6.45, 7) is 1.55. The zero-order valence-corrected chi connectivity index (χ0v) is 22.2. The molecule has 2 N–H and O–H groups in total. The van der Waals surface area contributed by atoms with Crippen molar-refractivity contribution in [2.75, 3.05) is 39.4 Å². The van der Waals surface area contributed by atoms with Crippen LogP contribution in [0.15, 0.2) is 11.6 Å². The van der Waals surface area contributed by atoms with Crippen molar-refractivity contribution in [3.8, 4) is 6.07 Å². The molecule has 0 aromatic rings. The minimum atomic E-state index is -4.61. The molecule has 13 heteroatoms. The topological polar surface area (TPSA) is 115 Å². The highest BCUT2D eigenvalue weighted by Gasteiger charge is 2.56. The smallest absolute Gasteiger partial charge is 0.378 e. The van der Waals surface area contributed by atoms with Crippen molar-refractivity contribution >= 4 is 17.7 Å². The number of nitrogens with zero attached hydrogens (tertiary/aromatic N) is 3. The van der Waals surface area contributed by atoms with Gasteiger partial charge in [0.1, 0.15) is 6.17 Å². The van der Waals surface area contributed by atoms with Gasteiger partial charge in [-0.05, 0) is 38.5 Å². The van der Waals surface area contributed by atoms with Crippen LogP contribution in [-0.4, -0.2) is 97.4 Å². The summed E-state index contributed by atoms with van der Waals surface area (Å²) in [6, 6.07) is -0.446. The van der Waals surface area contributed by atoms with Gasteiger partial charge in [-0.2, -0.15) is 18.4 Å². The van der Waals surface area contributed by atoms with E-state index in [1.54, 1.807) is 4.90 Å². The Morgan fingerprint density at radius 1 is 1.12 bits per heavy atom. The minimum absolute atomic E-state index is 0.0485. The van der Waals surface area contributed by atoms with E-state index in [-0.39, 0.29) is 31.5 Å². The van der Waals surface area contributed by atoms with Gasteiger partial charge in [0, 0.05) is 61.7 Å². The maximum atomic E-state index is 14.5. The highest BCUT2D eigenvalue weighted by molar-refractivity contribution is 6.03. The average Bonchev–Trinajstić information content (AvgIpc) is 3.40. The molecule has 9 nitrogen and oxygen atoms in total. The second-order valence-electron chi connectivity index (χ2n) is 11.6. The van der Waals surface area contributed by atoms with Crippen LogP contribution in [0.4, 0.5) is 17.6 Å². The van der Waals surface area contributed by atoms with E-state index in [9.17, 15) is 37.2 Å². The number of halogens is 4. The summed E-state index contributed by atoms with van der Waals surface area (Å²) in [4.78, 5) is 42.1. The van der Waals surface area contributed by atoms with E-state index in [4.69, 9.17) is 4.74 Å². The standard InChI is InChI=1S/C27H35F4N5O4/c28-21-3-1-2-17-18(12-22(37)34-23(17)21)25(38)33-16-4-5-36(14-16)24-19(26(39)35-6-8-40-9-7-35)10-15(13-32)11-20(24)27(29,30)31/h12,15-17,19-21,23-24H,1-11,14H2,(H,33,38)(H,34,37)/t15?,16-,17?,19?,20?,21?,23?,24?/m0/s1. The molecule has 3 heterocycles. The number of carbonyl (C=O) groups is 3. The Bertz CT molecular complexity index is 1070. The summed E-state index contributed by atoms with van der Waals surface area (Å²) >= 11 is 0. The normalized spacial score (nSPS) is 37.1. The SMILES string of the molecule is N#CC1CC(C(=O)N2CCOCC2)C(N2CC[C@H](NC(=O)C3=CC(=O)NC4C(F)CCCC34)C2)C(C(F)(F)F)C1. The van der Waals surface area contributed by atoms with Crippen LogP contribution in [0.5, 0.6) is 0 Å². The third-order valence-electron chi connectivity index (χ3n) is 9.20. The third-order valence-corrected chi connectivity index (χ3v) is 9.20. The van der Waals surface area contributed by atoms with E-state index in [1.807, 2.05) is 6.07 Å². The van der Waals surface area contributed by atoms with Gasteiger partial charge in [0.05, 0.1) is 37.2 Å². The van der Waals surface area contributed by atoms with E-state index in [2.05, 4.69) is 10.6 Å². The zero-order chi connectivity index (χ0) is 28.6. The number of rotatable bonds is 4. The molecule has 40 heavy (non-hydrogen) atoms. The first-order chi connectivity index (χ1) is 19.1. The summed E-state index contributed by atoms with van der Waals surface area (Å²) in [7, 11) is 0. The number of likely N-dealkylation sites (tertiary alicyclic amines) is 1. The molecule has 0 spiro atoms. The first kappa shape index (κ1) is 28.8. The highest BCUT2D eigenvalue weighted by Crippen LogP contribution is 2.46. The molecule has 3 aliphatic heterocycles. The number of ether oxygens (including phenoxy) is 1. The molecule has 5 rings (SSSR count). The molecule has 8 atom stereocenters. The van der Waals surface area contributed by atoms with Crippen LogP contribution < -0.4 is 10.6 Å². The molecule has 7 unspecified atom stereocenters. The highest BCUT2D eigenvalue weighted by atomic mass is 19.4. The van der Waals surface area contributed by atoms with Gasteiger partial charge in [0.25, 0.3) is 0 Å². The lowest BCUT2D eigenvalue weighted by molar-refractivity contribution is -0.209. The number of alkyl halides is 4. The molecule has 0 aromatic carbocycles. The Kier molecular flexibility index (Phi) is 8.38. The lowest BCUT2D eigenvalue weighted by Gasteiger charge is -2.46. The Hall–Kier alpha value is -2.72. The Morgan fingerprint density at radius 3 is 2.58 bits per heavy atom. The van der Waals surface area contributed by atoms with Crippen molar-refractivity contribution in [1.29, 1.82) is 5.26 Å². The van der Waals surface area contributed by atoms with Crippen LogP contribution in [0.25, 0.3) is 0 Å². The van der Waals surface area contributed by atoms with Crippen LogP contribution >= 0.6 is 0 Å². The molecular formula is C27H35F4N5O4. The maximum Gasteiger partial charge on any atom is 0.393 e. The van der Waals surface area contributed by atoms with Gasteiger partial charge in [-0.25, -0.2) is 4.39 Å². The average molecular weight is 570 g/mol. The second kappa shape index (κ2) is 11.6. The summed E-state index contributed by atoms with van der Waals surface area (Å²) in [6.07, 6.45) is -3.16. The van der Waals surface area contributed by atoms with Gasteiger partial charge < -0.3 is 20.3 Å². The van der Waals surface area contributed by atoms with Crippen LogP contribution in [0.2, 0.25) is 0 Å². The van der Waals surface area contributed by atoms with Gasteiger partial charge in [0.15, 0.2) is 0 Å². The van der Waals surface area contributed by atoms with E-state index >= 15 is 0 Å². The monoisotopic (exact) mass is 569 g/mol. The van der Waals surface area contributed by atoms with Gasteiger partial charge in [-0.3, -0.25) is 19.3 Å². The van der Waals surface area contributed by atoms with E-state index < -0.39 is 71.9 Å². The Labute approximate surface area is 230 Å². The molecule has 0 aromatic heterocycles. The van der Waals surface area contributed by atoms with Crippen LogP contribution in [0.3, 0.4) is 0 Å². The molecule has 0 radical (unpaired) electrons. The number of carbonyl (C=O) groups excluding carboxylic acids is 3. The summed E-state index contributed by atoms with van der Waals surface area (Å²) in [5.41, 5.74) is 0.206. The lowest BCUT2D eigenvalue weighted by atomic mass is 9.70. The Morgan fingerprint density at radius 2 is 1.88 bits per heavy atom. The van der Waals surface area contributed by atoms with Crippen LogP contribution in [0, 0.1) is 35.0 Å². The molecule has 2 saturated heterocycles. The number of nitriles is 1. The maximum absolute atomic E-state index is 14.5. The van der Waals surface area contributed by atoms with Gasteiger partial charge in [0.2, 0.25) is 17.7 Å². The van der Waals surface area contributed by atoms with Gasteiger partial charge in [-0.15, -0.1) is 0 Å². The molecular weight excluding hydrogens is 534 g/mol. The van der Waals surface area contributed by atoms with Gasteiger partial charge >= 0.3 is 6.18 Å². The summed E-state index contributed by atoms with van der Waals surface area (Å²) in [5, 5.41) is 15.0. The molecule has 5 aliphatic rings. The second-order valence-corrected chi connectivity index (χ2v) is 11.6. The molecule has 2 saturated carbocycles. The fourth-order valence-electron chi connectivity index (χ4n) is 7.29. The predicted molar refractivity (Wildman–Crippen MR) is 133 cm³/mol. The third kappa shape index (κ3) is 5.84. The van der Waals surface area contributed by atoms with Crippen molar-refractivity contribution in [1.82, 2.24) is 20.4 Å². The summed E-state index contributed by atoms with van der Waals surface area (Å²) in [5.74, 6) is -5.63. The van der Waals surface area contributed by atoms with Crippen molar-refractivity contribution in [2.24, 2.45) is 23.7 Å². The Balaban J connectivity index is 1.33.